The summed E-state index contributed by atoms with van der Waals surface area (Å²) >= 11 is 1.71. The maximum absolute atomic E-state index is 5.37. The molecule has 0 aromatic carbocycles. The summed E-state index contributed by atoms with van der Waals surface area (Å²) in [5, 5.41) is 6.72. The van der Waals surface area contributed by atoms with Gasteiger partial charge in [0.25, 0.3) is 0 Å². The summed E-state index contributed by atoms with van der Waals surface area (Å²) in [6.07, 6.45) is 1.71. The fourth-order valence-electron chi connectivity index (χ4n) is 1.95. The predicted molar refractivity (Wildman–Crippen MR) is 78.3 cm³/mol. The van der Waals surface area contributed by atoms with E-state index < -0.39 is 0 Å². The second-order valence-corrected chi connectivity index (χ2v) is 5.85. The van der Waals surface area contributed by atoms with E-state index in [9.17, 15) is 0 Å². The number of furan rings is 1. The van der Waals surface area contributed by atoms with Gasteiger partial charge in [-0.25, -0.2) is 4.98 Å². The first-order valence-electron chi connectivity index (χ1n) is 6.51. The van der Waals surface area contributed by atoms with Crippen LogP contribution in [0.4, 0.5) is 0 Å². The van der Waals surface area contributed by atoms with Gasteiger partial charge in [-0.05, 0) is 33.0 Å². The highest BCUT2D eigenvalue weighted by atomic mass is 32.1. The number of hydrogen-bond donors (Lipinski definition) is 1. The van der Waals surface area contributed by atoms with E-state index in [0.717, 1.165) is 36.1 Å². The van der Waals surface area contributed by atoms with Crippen LogP contribution in [0.15, 0.2) is 28.2 Å². The standard InChI is InChI=1S/C14H21N3OS/c1-11(14-5-4-8-18-14)15-6-7-17(3)9-13-10-19-12(2)16-13/h4-5,8,10-11,15H,6-7,9H2,1-3H3. The van der Waals surface area contributed by atoms with Crippen LogP contribution in [0.2, 0.25) is 0 Å². The Bertz CT molecular complexity index is 481. The van der Waals surface area contributed by atoms with E-state index in [4.69, 9.17) is 4.42 Å². The van der Waals surface area contributed by atoms with Crippen molar-refractivity contribution in [1.29, 1.82) is 0 Å². The highest BCUT2D eigenvalue weighted by Gasteiger charge is 2.08. The van der Waals surface area contributed by atoms with Crippen molar-refractivity contribution in [3.05, 3.63) is 40.2 Å². The van der Waals surface area contributed by atoms with Gasteiger partial charge in [-0.2, -0.15) is 0 Å². The van der Waals surface area contributed by atoms with Crippen molar-refractivity contribution in [2.24, 2.45) is 0 Å². The number of rotatable bonds is 7. The first-order valence-corrected chi connectivity index (χ1v) is 7.39. The van der Waals surface area contributed by atoms with Crippen molar-refractivity contribution >= 4 is 11.3 Å². The first-order chi connectivity index (χ1) is 9.15. The number of hydrogen-bond acceptors (Lipinski definition) is 5. The van der Waals surface area contributed by atoms with Crippen LogP contribution in [0.25, 0.3) is 0 Å². The molecule has 19 heavy (non-hydrogen) atoms. The van der Waals surface area contributed by atoms with E-state index in [0.29, 0.717) is 0 Å². The normalized spacial score (nSPS) is 13.1. The molecule has 0 amide bonds. The van der Waals surface area contributed by atoms with Gasteiger partial charge in [0, 0.05) is 25.0 Å². The Morgan fingerprint density at radius 2 is 2.37 bits per heavy atom. The van der Waals surface area contributed by atoms with Gasteiger partial charge in [-0.1, -0.05) is 0 Å². The van der Waals surface area contributed by atoms with Crippen LogP contribution >= 0.6 is 11.3 Å². The molecule has 1 unspecified atom stereocenters. The van der Waals surface area contributed by atoms with Crippen molar-refractivity contribution in [3.63, 3.8) is 0 Å². The van der Waals surface area contributed by atoms with Crippen molar-refractivity contribution in [2.75, 3.05) is 20.1 Å². The lowest BCUT2D eigenvalue weighted by Gasteiger charge is -2.17. The van der Waals surface area contributed by atoms with E-state index in [-0.39, 0.29) is 6.04 Å². The maximum atomic E-state index is 5.37. The molecule has 1 N–H and O–H groups in total. The summed E-state index contributed by atoms with van der Waals surface area (Å²) < 4.78 is 5.37. The number of aryl methyl sites for hydroxylation is 1. The monoisotopic (exact) mass is 279 g/mol. The lowest BCUT2D eigenvalue weighted by Crippen LogP contribution is -2.30. The zero-order valence-electron chi connectivity index (χ0n) is 11.7. The van der Waals surface area contributed by atoms with Crippen LogP contribution < -0.4 is 5.32 Å². The molecule has 0 radical (unpaired) electrons. The molecule has 0 saturated heterocycles. The van der Waals surface area contributed by atoms with Gasteiger partial charge < -0.3 is 9.73 Å². The first kappa shape index (κ1) is 14.2. The third-order valence-corrected chi connectivity index (χ3v) is 3.83. The summed E-state index contributed by atoms with van der Waals surface area (Å²) in [5.74, 6) is 0.984. The Balaban J connectivity index is 1.68. The predicted octanol–water partition coefficient (Wildman–Crippen LogP) is 2.83. The second-order valence-electron chi connectivity index (χ2n) is 4.79. The van der Waals surface area contributed by atoms with Gasteiger partial charge in [0.1, 0.15) is 5.76 Å². The molecule has 104 valence electrons. The van der Waals surface area contributed by atoms with Crippen molar-refractivity contribution in [1.82, 2.24) is 15.2 Å². The SMILES string of the molecule is Cc1nc(CN(C)CCNC(C)c2ccco2)cs1. The van der Waals surface area contributed by atoms with E-state index in [1.807, 2.05) is 19.1 Å². The van der Waals surface area contributed by atoms with Crippen LogP contribution in [0.3, 0.4) is 0 Å². The summed E-state index contributed by atoms with van der Waals surface area (Å²) in [6.45, 7) is 6.98. The minimum atomic E-state index is 0.255. The van der Waals surface area contributed by atoms with Gasteiger partial charge in [0.05, 0.1) is 23.0 Å². The Morgan fingerprint density at radius 1 is 1.53 bits per heavy atom. The molecule has 0 aliphatic rings. The largest absolute Gasteiger partial charge is 0.468 e. The molecule has 2 rings (SSSR count). The van der Waals surface area contributed by atoms with E-state index >= 15 is 0 Å². The van der Waals surface area contributed by atoms with E-state index in [2.05, 4.69) is 34.6 Å². The molecule has 0 bridgehead atoms. The zero-order chi connectivity index (χ0) is 13.7. The lowest BCUT2D eigenvalue weighted by molar-refractivity contribution is 0.310. The molecule has 1 atom stereocenters. The minimum absolute atomic E-state index is 0.255. The Labute approximate surface area is 118 Å². The zero-order valence-corrected chi connectivity index (χ0v) is 12.5. The molecule has 0 aliphatic heterocycles. The van der Waals surface area contributed by atoms with E-state index in [1.54, 1.807) is 17.6 Å². The molecule has 0 fully saturated rings. The third-order valence-electron chi connectivity index (χ3n) is 3.01. The molecule has 2 aromatic heterocycles. The van der Waals surface area contributed by atoms with Crippen LogP contribution in [0.1, 0.15) is 29.4 Å². The molecule has 0 aliphatic carbocycles. The number of nitrogens with one attached hydrogen (secondary N) is 1. The summed E-state index contributed by atoms with van der Waals surface area (Å²) in [6, 6.07) is 4.17. The summed E-state index contributed by atoms with van der Waals surface area (Å²) in [4.78, 5) is 6.75. The average Bonchev–Trinajstić information content (AvgIpc) is 3.00. The molecule has 0 spiro atoms. The molecular formula is C14H21N3OS. The minimum Gasteiger partial charge on any atom is -0.468 e. The molecule has 0 saturated carbocycles. The second kappa shape index (κ2) is 6.84. The lowest BCUT2D eigenvalue weighted by atomic mass is 10.2. The average molecular weight is 279 g/mol. The van der Waals surface area contributed by atoms with Crippen molar-refractivity contribution < 1.29 is 4.42 Å². The van der Waals surface area contributed by atoms with Crippen LogP contribution in [-0.4, -0.2) is 30.0 Å². The quantitative estimate of drug-likeness (QED) is 0.846. The highest BCUT2D eigenvalue weighted by Crippen LogP contribution is 2.12. The fraction of sp³-hybridized carbons (Fsp3) is 0.500. The topological polar surface area (TPSA) is 41.3 Å². The smallest absolute Gasteiger partial charge is 0.120 e. The highest BCUT2D eigenvalue weighted by molar-refractivity contribution is 7.09. The number of likely N-dealkylation sites (N-methyl/N-ethyl adjacent to an activating group) is 1. The molecular weight excluding hydrogens is 258 g/mol. The van der Waals surface area contributed by atoms with Crippen LogP contribution in [-0.2, 0) is 6.54 Å². The fourth-order valence-corrected chi connectivity index (χ4v) is 2.55. The molecule has 5 heteroatoms. The Hall–Kier alpha value is -1.17. The Kier molecular flexibility index (Phi) is 5.13. The van der Waals surface area contributed by atoms with Gasteiger partial charge in [0.15, 0.2) is 0 Å². The maximum Gasteiger partial charge on any atom is 0.120 e. The van der Waals surface area contributed by atoms with Gasteiger partial charge in [-0.3, -0.25) is 4.90 Å². The summed E-state index contributed by atoms with van der Waals surface area (Å²) in [7, 11) is 2.12. The Morgan fingerprint density at radius 3 is 3.00 bits per heavy atom. The van der Waals surface area contributed by atoms with Crippen LogP contribution in [0.5, 0.6) is 0 Å². The van der Waals surface area contributed by atoms with Crippen molar-refractivity contribution in [3.8, 4) is 0 Å². The number of aromatic nitrogens is 1. The van der Waals surface area contributed by atoms with Crippen LogP contribution in [0, 0.1) is 6.92 Å². The van der Waals surface area contributed by atoms with Gasteiger partial charge >= 0.3 is 0 Å². The molecule has 2 aromatic rings. The summed E-state index contributed by atoms with van der Waals surface area (Å²) in [5.41, 5.74) is 1.16. The third kappa shape index (κ3) is 4.45. The molecule has 2 heterocycles. The number of thiazole rings is 1. The van der Waals surface area contributed by atoms with E-state index in [1.165, 1.54) is 0 Å². The number of nitrogens with zero attached hydrogens (tertiary/aromatic N) is 2. The van der Waals surface area contributed by atoms with Gasteiger partial charge in [-0.15, -0.1) is 11.3 Å². The van der Waals surface area contributed by atoms with Gasteiger partial charge in [0.2, 0.25) is 0 Å². The van der Waals surface area contributed by atoms with Crippen molar-refractivity contribution in [2.45, 2.75) is 26.4 Å². The molecule has 4 nitrogen and oxygen atoms in total.